The molecule has 0 bridgehead atoms. The highest BCUT2D eigenvalue weighted by Crippen LogP contribution is 2.26. The lowest BCUT2D eigenvalue weighted by Crippen LogP contribution is -2.33. The SMILES string of the molecule is CC(C)(C)c1ccc(N(CCC(=O)Nc2ccc(C#N)cc2)S(C)(=O)=O)cc1. The largest absolute Gasteiger partial charge is 0.326 e. The molecule has 1 N–H and O–H groups in total. The zero-order chi connectivity index (χ0) is 20.9. The Labute approximate surface area is 166 Å². The number of nitrogens with one attached hydrogen (secondary N) is 1. The monoisotopic (exact) mass is 399 g/mol. The van der Waals surface area contributed by atoms with E-state index in [1.165, 1.54) is 4.31 Å². The van der Waals surface area contributed by atoms with Crippen LogP contribution < -0.4 is 9.62 Å². The van der Waals surface area contributed by atoms with Crippen LogP contribution in [0.2, 0.25) is 0 Å². The van der Waals surface area contributed by atoms with Crippen LogP contribution in [0, 0.1) is 11.3 Å². The first kappa shape index (κ1) is 21.5. The molecular weight excluding hydrogens is 374 g/mol. The van der Waals surface area contributed by atoms with Gasteiger partial charge in [-0.25, -0.2) is 8.42 Å². The summed E-state index contributed by atoms with van der Waals surface area (Å²) in [7, 11) is -3.53. The van der Waals surface area contributed by atoms with Gasteiger partial charge in [-0.3, -0.25) is 9.10 Å². The second-order valence-corrected chi connectivity index (χ2v) is 9.53. The smallest absolute Gasteiger partial charge is 0.232 e. The van der Waals surface area contributed by atoms with Crippen LogP contribution in [0.15, 0.2) is 48.5 Å². The van der Waals surface area contributed by atoms with Gasteiger partial charge >= 0.3 is 0 Å². The third-order valence-electron chi connectivity index (χ3n) is 4.26. The van der Waals surface area contributed by atoms with Crippen LogP contribution in [0.1, 0.15) is 38.3 Å². The van der Waals surface area contributed by atoms with Crippen molar-refractivity contribution in [1.29, 1.82) is 5.26 Å². The molecule has 0 heterocycles. The molecule has 2 aromatic rings. The van der Waals surface area contributed by atoms with E-state index in [4.69, 9.17) is 5.26 Å². The summed E-state index contributed by atoms with van der Waals surface area (Å²) >= 11 is 0. The van der Waals surface area contributed by atoms with Gasteiger partial charge in [-0.1, -0.05) is 32.9 Å². The van der Waals surface area contributed by atoms with Crippen LogP contribution in [0.25, 0.3) is 0 Å². The summed E-state index contributed by atoms with van der Waals surface area (Å²) in [5.41, 5.74) is 2.66. The number of nitriles is 1. The first-order valence-electron chi connectivity index (χ1n) is 8.89. The minimum atomic E-state index is -3.53. The number of sulfonamides is 1. The number of amides is 1. The molecule has 0 saturated heterocycles. The Morgan fingerprint density at radius 1 is 1.07 bits per heavy atom. The Bertz CT molecular complexity index is 968. The molecule has 7 heteroatoms. The molecule has 0 saturated carbocycles. The van der Waals surface area contributed by atoms with Gasteiger partial charge < -0.3 is 5.32 Å². The van der Waals surface area contributed by atoms with Gasteiger partial charge in [-0.2, -0.15) is 5.26 Å². The van der Waals surface area contributed by atoms with E-state index in [0.29, 0.717) is 16.9 Å². The molecule has 2 rings (SSSR count). The fraction of sp³-hybridized carbons (Fsp3) is 0.333. The van der Waals surface area contributed by atoms with E-state index in [0.717, 1.165) is 11.8 Å². The van der Waals surface area contributed by atoms with E-state index >= 15 is 0 Å². The fourth-order valence-electron chi connectivity index (χ4n) is 2.67. The van der Waals surface area contributed by atoms with Crippen molar-refractivity contribution in [3.05, 3.63) is 59.7 Å². The maximum absolute atomic E-state index is 12.2. The van der Waals surface area contributed by atoms with Crippen molar-refractivity contribution >= 4 is 27.3 Å². The lowest BCUT2D eigenvalue weighted by Gasteiger charge is -2.24. The molecule has 0 radical (unpaired) electrons. The molecular formula is C21H25N3O3S. The van der Waals surface area contributed by atoms with Gasteiger partial charge in [0.2, 0.25) is 15.9 Å². The second kappa shape index (κ2) is 8.44. The van der Waals surface area contributed by atoms with E-state index in [-0.39, 0.29) is 24.3 Å². The first-order valence-corrected chi connectivity index (χ1v) is 10.7. The number of carbonyl (C=O) groups excluding carboxylic acids is 1. The minimum Gasteiger partial charge on any atom is -0.326 e. The second-order valence-electron chi connectivity index (χ2n) is 7.62. The molecule has 0 fully saturated rings. The molecule has 28 heavy (non-hydrogen) atoms. The number of hydrogen-bond donors (Lipinski definition) is 1. The van der Waals surface area contributed by atoms with Gasteiger partial charge in [0.1, 0.15) is 0 Å². The van der Waals surface area contributed by atoms with E-state index in [1.54, 1.807) is 36.4 Å². The van der Waals surface area contributed by atoms with Gasteiger partial charge in [0.15, 0.2) is 0 Å². The molecule has 0 aliphatic carbocycles. The summed E-state index contributed by atoms with van der Waals surface area (Å²) in [5.74, 6) is -0.301. The van der Waals surface area contributed by atoms with E-state index in [9.17, 15) is 13.2 Å². The molecule has 0 aliphatic heterocycles. The Kier molecular flexibility index (Phi) is 6.47. The molecule has 0 aromatic heterocycles. The van der Waals surface area contributed by atoms with Gasteiger partial charge in [0.05, 0.1) is 23.6 Å². The van der Waals surface area contributed by atoms with Gasteiger partial charge in [0, 0.05) is 18.7 Å². The summed E-state index contributed by atoms with van der Waals surface area (Å²) in [6.45, 7) is 6.30. The highest BCUT2D eigenvalue weighted by Gasteiger charge is 2.20. The highest BCUT2D eigenvalue weighted by molar-refractivity contribution is 7.92. The van der Waals surface area contributed by atoms with Crippen LogP contribution in [-0.4, -0.2) is 27.1 Å². The first-order chi connectivity index (χ1) is 13.0. The Morgan fingerprint density at radius 3 is 2.11 bits per heavy atom. The molecule has 0 spiro atoms. The number of hydrogen-bond acceptors (Lipinski definition) is 4. The van der Waals surface area contributed by atoms with Crippen LogP contribution in [0.4, 0.5) is 11.4 Å². The van der Waals surface area contributed by atoms with Crippen LogP contribution in [0.3, 0.4) is 0 Å². The number of nitrogens with zero attached hydrogens (tertiary/aromatic N) is 2. The summed E-state index contributed by atoms with van der Waals surface area (Å²) in [6, 6.07) is 15.8. The van der Waals surface area contributed by atoms with Crippen molar-refractivity contribution in [3.63, 3.8) is 0 Å². The Balaban J connectivity index is 2.08. The van der Waals surface area contributed by atoms with Gasteiger partial charge in [-0.05, 0) is 47.4 Å². The quantitative estimate of drug-likeness (QED) is 0.803. The summed E-state index contributed by atoms with van der Waals surface area (Å²) < 4.78 is 25.7. The van der Waals surface area contributed by atoms with E-state index in [2.05, 4.69) is 26.1 Å². The van der Waals surface area contributed by atoms with E-state index < -0.39 is 10.0 Å². The van der Waals surface area contributed by atoms with Crippen molar-refractivity contribution in [3.8, 4) is 6.07 Å². The van der Waals surface area contributed by atoms with Crippen LogP contribution in [0.5, 0.6) is 0 Å². The lowest BCUT2D eigenvalue weighted by atomic mass is 9.87. The normalized spacial score (nSPS) is 11.5. The van der Waals surface area contributed by atoms with Crippen molar-refractivity contribution in [2.75, 3.05) is 22.4 Å². The van der Waals surface area contributed by atoms with Crippen molar-refractivity contribution in [1.82, 2.24) is 0 Å². The van der Waals surface area contributed by atoms with Crippen molar-refractivity contribution in [2.24, 2.45) is 0 Å². The number of anilines is 2. The summed E-state index contributed by atoms with van der Waals surface area (Å²) in [5, 5.41) is 11.5. The Hall–Kier alpha value is -2.85. The highest BCUT2D eigenvalue weighted by atomic mass is 32.2. The molecule has 0 unspecified atom stereocenters. The third kappa shape index (κ3) is 5.83. The van der Waals surface area contributed by atoms with Crippen molar-refractivity contribution < 1.29 is 13.2 Å². The Morgan fingerprint density at radius 2 is 1.64 bits per heavy atom. The van der Waals surface area contributed by atoms with Crippen LogP contribution >= 0.6 is 0 Å². The maximum atomic E-state index is 12.2. The molecule has 6 nitrogen and oxygen atoms in total. The standard InChI is InChI=1S/C21H25N3O3S/c1-21(2,3)17-7-11-19(12-8-17)24(28(4,26)27)14-13-20(25)23-18-9-5-16(15-22)6-10-18/h5-12H,13-14H2,1-4H3,(H,23,25). The lowest BCUT2D eigenvalue weighted by molar-refractivity contribution is -0.116. The predicted octanol–water partition coefficient (Wildman–Crippen LogP) is 3.65. The predicted molar refractivity (Wildman–Crippen MR) is 112 cm³/mol. The maximum Gasteiger partial charge on any atom is 0.232 e. The summed E-state index contributed by atoms with van der Waals surface area (Å²) in [6.07, 6.45) is 1.14. The van der Waals surface area contributed by atoms with Crippen LogP contribution in [-0.2, 0) is 20.2 Å². The van der Waals surface area contributed by atoms with E-state index in [1.807, 2.05) is 18.2 Å². The average molecular weight is 400 g/mol. The summed E-state index contributed by atoms with van der Waals surface area (Å²) in [4.78, 5) is 12.2. The minimum absolute atomic E-state index is 0.00803. The van der Waals surface area contributed by atoms with Gasteiger partial charge in [-0.15, -0.1) is 0 Å². The van der Waals surface area contributed by atoms with Crippen molar-refractivity contribution in [2.45, 2.75) is 32.6 Å². The zero-order valence-corrected chi connectivity index (χ0v) is 17.4. The number of rotatable bonds is 6. The molecule has 148 valence electrons. The third-order valence-corrected chi connectivity index (χ3v) is 5.46. The number of benzene rings is 2. The van der Waals surface area contributed by atoms with Gasteiger partial charge in [0.25, 0.3) is 0 Å². The zero-order valence-electron chi connectivity index (χ0n) is 16.6. The molecule has 1 amide bonds. The average Bonchev–Trinajstić information content (AvgIpc) is 2.61. The fourth-order valence-corrected chi connectivity index (χ4v) is 3.60. The molecule has 0 atom stereocenters. The molecule has 2 aromatic carbocycles. The molecule has 0 aliphatic rings. The number of carbonyl (C=O) groups is 1. The topological polar surface area (TPSA) is 90.3 Å².